The molecule has 1 heterocycles. The van der Waals surface area contributed by atoms with E-state index in [1.54, 1.807) is 12.1 Å². The van der Waals surface area contributed by atoms with Gasteiger partial charge in [-0.1, -0.05) is 6.07 Å². The molecule has 2 N–H and O–H groups in total. The molecule has 2 atom stereocenters. The van der Waals surface area contributed by atoms with Crippen molar-refractivity contribution >= 4 is 15.8 Å². The largest absolute Gasteiger partial charge is 0.312 e. The van der Waals surface area contributed by atoms with Crippen LogP contribution in [0.1, 0.15) is 49.0 Å². The SMILES string of the molecule is CC1CC(NS(=O)(=O)c2ccc3c(c2)C(=O)CC3)CC(C)N1. The van der Waals surface area contributed by atoms with Crippen molar-refractivity contribution in [2.45, 2.75) is 62.6 Å². The Balaban J connectivity index is 1.81. The highest BCUT2D eigenvalue weighted by Gasteiger charge is 2.29. The topological polar surface area (TPSA) is 75.3 Å². The number of ketones is 1. The first-order valence-electron chi connectivity index (χ1n) is 7.79. The van der Waals surface area contributed by atoms with E-state index in [4.69, 9.17) is 0 Å². The van der Waals surface area contributed by atoms with Gasteiger partial charge in [0.25, 0.3) is 0 Å². The fourth-order valence-corrected chi connectivity index (χ4v) is 4.83. The standard InChI is InChI=1S/C16H22N2O3S/c1-10-7-13(8-11(2)17-10)18-22(20,21)14-5-3-12-4-6-16(19)15(12)9-14/h3,5,9-11,13,17-18H,4,6-8H2,1-2H3. The van der Waals surface area contributed by atoms with Crippen LogP contribution in [0.4, 0.5) is 0 Å². The van der Waals surface area contributed by atoms with Gasteiger partial charge in [-0.25, -0.2) is 13.1 Å². The van der Waals surface area contributed by atoms with Gasteiger partial charge in [-0.05, 0) is 50.8 Å². The Morgan fingerprint density at radius 3 is 2.50 bits per heavy atom. The molecule has 0 saturated carbocycles. The molecule has 3 rings (SSSR count). The summed E-state index contributed by atoms with van der Waals surface area (Å²) in [7, 11) is -3.58. The van der Waals surface area contributed by atoms with Crippen molar-refractivity contribution in [3.05, 3.63) is 29.3 Å². The number of carbonyl (C=O) groups is 1. The van der Waals surface area contributed by atoms with Gasteiger partial charge >= 0.3 is 0 Å². The molecule has 2 unspecified atom stereocenters. The third-order valence-electron chi connectivity index (χ3n) is 4.48. The van der Waals surface area contributed by atoms with E-state index in [9.17, 15) is 13.2 Å². The number of carbonyl (C=O) groups excluding carboxylic acids is 1. The van der Waals surface area contributed by atoms with Crippen LogP contribution in [0.25, 0.3) is 0 Å². The van der Waals surface area contributed by atoms with E-state index >= 15 is 0 Å². The molecule has 120 valence electrons. The maximum Gasteiger partial charge on any atom is 0.240 e. The average Bonchev–Trinajstić information content (AvgIpc) is 2.78. The van der Waals surface area contributed by atoms with Crippen LogP contribution in [0.3, 0.4) is 0 Å². The number of nitrogens with one attached hydrogen (secondary N) is 2. The molecule has 1 saturated heterocycles. The van der Waals surface area contributed by atoms with E-state index in [1.165, 1.54) is 6.07 Å². The summed E-state index contributed by atoms with van der Waals surface area (Å²) in [5.74, 6) is 0.0381. The second-order valence-electron chi connectivity index (χ2n) is 6.50. The minimum absolute atomic E-state index is 0.0381. The van der Waals surface area contributed by atoms with Gasteiger partial charge in [-0.3, -0.25) is 4.79 Å². The van der Waals surface area contributed by atoms with Crippen molar-refractivity contribution < 1.29 is 13.2 Å². The first kappa shape index (κ1) is 15.6. The van der Waals surface area contributed by atoms with Crippen molar-refractivity contribution in [1.82, 2.24) is 10.0 Å². The predicted molar refractivity (Wildman–Crippen MR) is 84.5 cm³/mol. The first-order chi connectivity index (χ1) is 10.3. The molecule has 1 aromatic carbocycles. The lowest BCUT2D eigenvalue weighted by Crippen LogP contribution is -2.50. The molecule has 0 radical (unpaired) electrons. The lowest BCUT2D eigenvalue weighted by atomic mass is 9.96. The molecule has 1 aliphatic heterocycles. The summed E-state index contributed by atoms with van der Waals surface area (Å²) < 4.78 is 28.0. The van der Waals surface area contributed by atoms with Gasteiger partial charge < -0.3 is 5.32 Å². The van der Waals surface area contributed by atoms with Crippen molar-refractivity contribution in [1.29, 1.82) is 0 Å². The van der Waals surface area contributed by atoms with Crippen LogP contribution in [0.15, 0.2) is 23.1 Å². The summed E-state index contributed by atoms with van der Waals surface area (Å²) in [5.41, 5.74) is 1.52. The lowest BCUT2D eigenvalue weighted by molar-refractivity contribution is 0.0994. The zero-order valence-electron chi connectivity index (χ0n) is 12.9. The monoisotopic (exact) mass is 322 g/mol. The van der Waals surface area contributed by atoms with E-state index < -0.39 is 10.0 Å². The maximum absolute atomic E-state index is 12.6. The highest BCUT2D eigenvalue weighted by atomic mass is 32.2. The molecule has 2 aliphatic rings. The van der Waals surface area contributed by atoms with Gasteiger partial charge in [-0.2, -0.15) is 0 Å². The fraction of sp³-hybridized carbons (Fsp3) is 0.562. The normalized spacial score (nSPS) is 28.6. The molecular weight excluding hydrogens is 300 g/mol. The van der Waals surface area contributed by atoms with Gasteiger partial charge in [0.15, 0.2) is 5.78 Å². The molecule has 0 amide bonds. The van der Waals surface area contributed by atoms with Crippen molar-refractivity contribution in [3.63, 3.8) is 0 Å². The van der Waals surface area contributed by atoms with E-state index in [0.717, 1.165) is 18.4 Å². The van der Waals surface area contributed by atoms with Crippen LogP contribution in [-0.4, -0.2) is 32.3 Å². The molecule has 0 aromatic heterocycles. The average molecular weight is 322 g/mol. The molecule has 1 fully saturated rings. The fourth-order valence-electron chi connectivity index (χ4n) is 3.54. The van der Waals surface area contributed by atoms with E-state index in [-0.39, 0.29) is 28.8 Å². The minimum Gasteiger partial charge on any atom is -0.312 e. The summed E-state index contributed by atoms with van der Waals surface area (Å²) in [6.45, 7) is 4.12. The van der Waals surface area contributed by atoms with Crippen molar-refractivity contribution in [2.75, 3.05) is 0 Å². The van der Waals surface area contributed by atoms with Crippen molar-refractivity contribution in [3.8, 4) is 0 Å². The highest BCUT2D eigenvalue weighted by Crippen LogP contribution is 2.25. The van der Waals surface area contributed by atoms with Gasteiger partial charge in [0.1, 0.15) is 0 Å². The van der Waals surface area contributed by atoms with E-state index in [1.807, 2.05) is 0 Å². The molecule has 0 spiro atoms. The Morgan fingerprint density at radius 2 is 1.82 bits per heavy atom. The summed E-state index contributed by atoms with van der Waals surface area (Å²) in [4.78, 5) is 12.0. The molecular formula is C16H22N2O3S. The summed E-state index contributed by atoms with van der Waals surface area (Å²) in [5, 5.41) is 3.39. The Hall–Kier alpha value is -1.24. The van der Waals surface area contributed by atoms with Gasteiger partial charge in [-0.15, -0.1) is 0 Å². The Morgan fingerprint density at radius 1 is 1.14 bits per heavy atom. The second kappa shape index (κ2) is 5.76. The second-order valence-corrected chi connectivity index (χ2v) is 8.21. The number of hydrogen-bond donors (Lipinski definition) is 2. The van der Waals surface area contributed by atoms with Crippen LogP contribution < -0.4 is 10.0 Å². The van der Waals surface area contributed by atoms with Gasteiger partial charge in [0, 0.05) is 30.1 Å². The number of hydrogen-bond acceptors (Lipinski definition) is 4. The number of aryl methyl sites for hydroxylation is 1. The zero-order chi connectivity index (χ0) is 15.9. The number of sulfonamides is 1. The van der Waals surface area contributed by atoms with E-state index in [2.05, 4.69) is 23.9 Å². The van der Waals surface area contributed by atoms with Crippen LogP contribution in [0.5, 0.6) is 0 Å². The number of Topliss-reactive ketones (excluding diaryl/α,β-unsaturated/α-hetero) is 1. The smallest absolute Gasteiger partial charge is 0.240 e. The first-order valence-corrected chi connectivity index (χ1v) is 9.28. The van der Waals surface area contributed by atoms with Crippen LogP contribution in [-0.2, 0) is 16.4 Å². The molecule has 0 bridgehead atoms. The van der Waals surface area contributed by atoms with Crippen molar-refractivity contribution in [2.24, 2.45) is 0 Å². The Kier molecular flexibility index (Phi) is 4.09. The predicted octanol–water partition coefficient (Wildman–Crippen LogP) is 1.62. The molecule has 5 nitrogen and oxygen atoms in total. The maximum atomic E-state index is 12.6. The summed E-state index contributed by atoms with van der Waals surface area (Å²) in [6, 6.07) is 5.41. The number of benzene rings is 1. The minimum atomic E-state index is -3.58. The third-order valence-corrected chi connectivity index (χ3v) is 6.00. The molecule has 6 heteroatoms. The quantitative estimate of drug-likeness (QED) is 0.887. The molecule has 1 aromatic rings. The van der Waals surface area contributed by atoms with Crippen LogP contribution in [0, 0.1) is 0 Å². The summed E-state index contributed by atoms with van der Waals surface area (Å²) in [6.07, 6.45) is 2.74. The number of piperidine rings is 1. The third kappa shape index (κ3) is 3.09. The molecule has 1 aliphatic carbocycles. The molecule has 22 heavy (non-hydrogen) atoms. The Labute approximate surface area is 131 Å². The zero-order valence-corrected chi connectivity index (χ0v) is 13.7. The van der Waals surface area contributed by atoms with Gasteiger partial charge in [0.2, 0.25) is 10.0 Å². The number of rotatable bonds is 3. The lowest BCUT2D eigenvalue weighted by Gasteiger charge is -2.33. The van der Waals surface area contributed by atoms with Gasteiger partial charge in [0.05, 0.1) is 4.90 Å². The van der Waals surface area contributed by atoms with Crippen LogP contribution in [0.2, 0.25) is 0 Å². The van der Waals surface area contributed by atoms with Crippen LogP contribution >= 0.6 is 0 Å². The summed E-state index contributed by atoms with van der Waals surface area (Å²) >= 11 is 0. The highest BCUT2D eigenvalue weighted by molar-refractivity contribution is 7.89. The van der Waals surface area contributed by atoms with E-state index in [0.29, 0.717) is 18.4 Å². The Bertz CT molecular complexity index is 689. The number of fused-ring (bicyclic) bond motifs is 1.